The lowest BCUT2D eigenvalue weighted by atomic mass is 9.97. The lowest BCUT2D eigenvalue weighted by molar-refractivity contribution is 0.145. The van der Waals surface area contributed by atoms with Crippen LogP contribution in [0.4, 0.5) is 4.79 Å². The molecule has 0 aromatic heterocycles. The smallest absolute Gasteiger partial charge is 0.315 e. The second-order valence-corrected chi connectivity index (χ2v) is 7.46. The highest BCUT2D eigenvalue weighted by Crippen LogP contribution is 2.18. The van der Waals surface area contributed by atoms with Crippen molar-refractivity contribution >= 4 is 6.03 Å². The number of carbonyl (C=O) groups is 1. The van der Waals surface area contributed by atoms with E-state index in [0.717, 1.165) is 25.3 Å². The van der Waals surface area contributed by atoms with E-state index in [1.54, 1.807) is 0 Å². The lowest BCUT2D eigenvalue weighted by Gasteiger charge is -2.35. The Morgan fingerprint density at radius 2 is 1.64 bits per heavy atom. The van der Waals surface area contributed by atoms with Gasteiger partial charge in [-0.25, -0.2) is 4.79 Å². The van der Waals surface area contributed by atoms with Gasteiger partial charge < -0.3 is 10.6 Å². The van der Waals surface area contributed by atoms with Gasteiger partial charge in [-0.1, -0.05) is 39.0 Å². The first-order valence-corrected chi connectivity index (χ1v) is 9.43. The number of nitrogens with one attached hydrogen (secondary N) is 2. The summed E-state index contributed by atoms with van der Waals surface area (Å²) in [5.41, 5.74) is 0. The third-order valence-electron chi connectivity index (χ3n) is 5.44. The van der Waals surface area contributed by atoms with Crippen LogP contribution in [0.3, 0.4) is 0 Å². The molecular formula is C18H35N3O. The van der Waals surface area contributed by atoms with E-state index < -0.39 is 0 Å². The van der Waals surface area contributed by atoms with Crippen molar-refractivity contribution in [1.29, 1.82) is 0 Å². The molecule has 4 heteroatoms. The summed E-state index contributed by atoms with van der Waals surface area (Å²) in [6, 6.07) is 0.852. The van der Waals surface area contributed by atoms with Crippen molar-refractivity contribution in [1.82, 2.24) is 15.5 Å². The third kappa shape index (κ3) is 6.15. The van der Waals surface area contributed by atoms with Crippen LogP contribution in [0, 0.1) is 5.92 Å². The molecule has 1 heterocycles. The summed E-state index contributed by atoms with van der Waals surface area (Å²) in [5, 5.41) is 6.27. The molecule has 2 rings (SSSR count). The zero-order valence-electron chi connectivity index (χ0n) is 14.6. The molecular weight excluding hydrogens is 274 g/mol. The zero-order valence-corrected chi connectivity index (χ0v) is 14.6. The summed E-state index contributed by atoms with van der Waals surface area (Å²) >= 11 is 0. The molecule has 1 aliphatic carbocycles. The van der Waals surface area contributed by atoms with Crippen molar-refractivity contribution in [2.24, 2.45) is 5.92 Å². The van der Waals surface area contributed by atoms with Gasteiger partial charge in [0.15, 0.2) is 0 Å². The first kappa shape index (κ1) is 17.6. The van der Waals surface area contributed by atoms with Gasteiger partial charge in [0.05, 0.1) is 0 Å². The van der Waals surface area contributed by atoms with Crippen molar-refractivity contribution in [2.75, 3.05) is 19.6 Å². The molecule has 0 spiro atoms. The van der Waals surface area contributed by atoms with E-state index in [0.29, 0.717) is 12.1 Å². The van der Waals surface area contributed by atoms with Crippen molar-refractivity contribution in [2.45, 2.75) is 83.7 Å². The standard InChI is InChI=1S/C18H35N3O/c1-15-10-12-21(13-11-15)16(2)14-19-18(22)20-17-8-6-4-3-5-7-9-17/h15-17H,3-14H2,1-2H3,(H2,19,20,22). The van der Waals surface area contributed by atoms with E-state index >= 15 is 0 Å². The average molecular weight is 309 g/mol. The zero-order chi connectivity index (χ0) is 15.8. The average Bonchev–Trinajstić information content (AvgIpc) is 2.48. The number of carbonyl (C=O) groups excluding carboxylic acids is 1. The van der Waals surface area contributed by atoms with Crippen LogP contribution in [0.1, 0.15) is 71.6 Å². The first-order valence-electron chi connectivity index (χ1n) is 9.43. The fourth-order valence-corrected chi connectivity index (χ4v) is 3.68. The Morgan fingerprint density at radius 1 is 1.05 bits per heavy atom. The van der Waals surface area contributed by atoms with Gasteiger partial charge in [-0.3, -0.25) is 4.90 Å². The highest BCUT2D eigenvalue weighted by Gasteiger charge is 2.21. The second-order valence-electron chi connectivity index (χ2n) is 7.46. The van der Waals surface area contributed by atoms with Crippen molar-refractivity contribution in [3.05, 3.63) is 0 Å². The highest BCUT2D eigenvalue weighted by molar-refractivity contribution is 5.74. The Kier molecular flexibility index (Phi) is 7.50. The number of amides is 2. The minimum atomic E-state index is 0.0304. The number of likely N-dealkylation sites (tertiary alicyclic amines) is 1. The summed E-state index contributed by atoms with van der Waals surface area (Å²) in [4.78, 5) is 14.6. The molecule has 1 aliphatic heterocycles. The predicted octanol–water partition coefficient (Wildman–Crippen LogP) is 3.52. The Balaban J connectivity index is 1.63. The monoisotopic (exact) mass is 309 g/mol. The van der Waals surface area contributed by atoms with Gasteiger partial charge in [0.1, 0.15) is 0 Å². The molecule has 2 amide bonds. The number of hydrogen-bond donors (Lipinski definition) is 2. The number of piperidine rings is 1. The number of nitrogens with zero attached hydrogens (tertiary/aromatic N) is 1. The Labute approximate surface area is 136 Å². The molecule has 1 unspecified atom stereocenters. The van der Waals surface area contributed by atoms with E-state index in [1.165, 1.54) is 58.0 Å². The van der Waals surface area contributed by atoms with Crippen LogP contribution in [0.25, 0.3) is 0 Å². The maximum absolute atomic E-state index is 12.1. The maximum Gasteiger partial charge on any atom is 0.315 e. The summed E-state index contributed by atoms with van der Waals surface area (Å²) in [6.45, 7) is 7.67. The summed E-state index contributed by atoms with van der Waals surface area (Å²) < 4.78 is 0. The van der Waals surface area contributed by atoms with Crippen LogP contribution in [-0.2, 0) is 0 Å². The largest absolute Gasteiger partial charge is 0.337 e. The number of hydrogen-bond acceptors (Lipinski definition) is 2. The fourth-order valence-electron chi connectivity index (χ4n) is 3.68. The van der Waals surface area contributed by atoms with Crippen LogP contribution in [-0.4, -0.2) is 42.6 Å². The van der Waals surface area contributed by atoms with Gasteiger partial charge in [-0.05, 0) is 51.6 Å². The normalized spacial score (nSPS) is 24.3. The second kappa shape index (κ2) is 9.39. The van der Waals surface area contributed by atoms with Gasteiger partial charge in [0.2, 0.25) is 0 Å². The third-order valence-corrected chi connectivity index (χ3v) is 5.44. The first-order chi connectivity index (χ1) is 10.6. The Bertz CT molecular complexity index is 318. The van der Waals surface area contributed by atoms with Gasteiger partial charge >= 0.3 is 6.03 Å². The Morgan fingerprint density at radius 3 is 2.27 bits per heavy atom. The van der Waals surface area contributed by atoms with Crippen molar-refractivity contribution in [3.63, 3.8) is 0 Å². The van der Waals surface area contributed by atoms with Crippen LogP contribution in [0.2, 0.25) is 0 Å². The van der Waals surface area contributed by atoms with E-state index in [1.807, 2.05) is 0 Å². The molecule has 0 aromatic carbocycles. The molecule has 0 bridgehead atoms. The minimum absolute atomic E-state index is 0.0304. The molecule has 2 aliphatic rings. The molecule has 1 atom stereocenters. The lowest BCUT2D eigenvalue weighted by Crippen LogP contribution is -2.49. The van der Waals surface area contributed by atoms with Gasteiger partial charge in [-0.15, -0.1) is 0 Å². The summed E-state index contributed by atoms with van der Waals surface area (Å²) in [7, 11) is 0. The van der Waals surface area contributed by atoms with Crippen LogP contribution >= 0.6 is 0 Å². The molecule has 128 valence electrons. The fraction of sp³-hybridized carbons (Fsp3) is 0.944. The topological polar surface area (TPSA) is 44.4 Å². The van der Waals surface area contributed by atoms with E-state index in [9.17, 15) is 4.79 Å². The van der Waals surface area contributed by atoms with E-state index in [4.69, 9.17) is 0 Å². The van der Waals surface area contributed by atoms with Crippen LogP contribution in [0.15, 0.2) is 0 Å². The molecule has 1 saturated carbocycles. The van der Waals surface area contributed by atoms with E-state index in [2.05, 4.69) is 29.4 Å². The number of rotatable bonds is 4. The molecule has 22 heavy (non-hydrogen) atoms. The van der Waals surface area contributed by atoms with E-state index in [-0.39, 0.29) is 6.03 Å². The molecule has 0 aromatic rings. The predicted molar refractivity (Wildman–Crippen MR) is 92.1 cm³/mol. The van der Waals surface area contributed by atoms with Crippen molar-refractivity contribution in [3.8, 4) is 0 Å². The minimum Gasteiger partial charge on any atom is -0.337 e. The molecule has 4 nitrogen and oxygen atoms in total. The number of urea groups is 1. The molecule has 2 fully saturated rings. The molecule has 2 N–H and O–H groups in total. The van der Waals surface area contributed by atoms with Gasteiger partial charge in [0.25, 0.3) is 0 Å². The molecule has 0 radical (unpaired) electrons. The van der Waals surface area contributed by atoms with Gasteiger partial charge in [0, 0.05) is 18.6 Å². The van der Waals surface area contributed by atoms with Crippen LogP contribution < -0.4 is 10.6 Å². The highest BCUT2D eigenvalue weighted by atomic mass is 16.2. The Hall–Kier alpha value is -0.770. The van der Waals surface area contributed by atoms with Crippen LogP contribution in [0.5, 0.6) is 0 Å². The van der Waals surface area contributed by atoms with Crippen molar-refractivity contribution < 1.29 is 4.79 Å². The van der Waals surface area contributed by atoms with Gasteiger partial charge in [-0.2, -0.15) is 0 Å². The summed E-state index contributed by atoms with van der Waals surface area (Å²) in [6.07, 6.45) is 11.4. The quantitative estimate of drug-likeness (QED) is 0.834. The SMILES string of the molecule is CC1CCN(C(C)CNC(=O)NC2CCCCCCC2)CC1. The molecule has 1 saturated heterocycles. The summed E-state index contributed by atoms with van der Waals surface area (Å²) in [5.74, 6) is 0.860. The maximum atomic E-state index is 12.1.